The van der Waals surface area contributed by atoms with E-state index in [1.165, 1.54) is 0 Å². The number of carbonyl (C=O) groups excluding carboxylic acids is 1. The minimum atomic E-state index is -0.240. The van der Waals surface area contributed by atoms with Gasteiger partial charge in [0.05, 0.1) is 17.5 Å². The highest BCUT2D eigenvalue weighted by atomic mass is 16.1. The lowest BCUT2D eigenvalue weighted by molar-refractivity contribution is -0.120. The first-order chi connectivity index (χ1) is 10.2. The van der Waals surface area contributed by atoms with Crippen LogP contribution >= 0.6 is 0 Å². The number of amides is 1. The Labute approximate surface area is 121 Å². The van der Waals surface area contributed by atoms with Crippen molar-refractivity contribution in [3.8, 4) is 0 Å². The molecule has 0 saturated heterocycles. The summed E-state index contributed by atoms with van der Waals surface area (Å²) in [5.41, 5.74) is 3.15. The monoisotopic (exact) mass is 281 g/mol. The van der Waals surface area contributed by atoms with E-state index in [4.69, 9.17) is 0 Å². The number of carbonyl (C=O) groups is 1. The SMILES string of the molecule is O=C(Cc1ccc2[nH]c(=O)[nH]c2c1)NCc1ccccc1. The van der Waals surface area contributed by atoms with Crippen LogP contribution in [-0.4, -0.2) is 15.9 Å². The molecule has 0 fully saturated rings. The number of nitrogens with one attached hydrogen (secondary N) is 3. The molecule has 0 unspecified atom stereocenters. The number of imidazole rings is 1. The molecule has 2 aromatic carbocycles. The van der Waals surface area contributed by atoms with Gasteiger partial charge in [-0.25, -0.2) is 4.79 Å². The molecule has 1 amide bonds. The van der Waals surface area contributed by atoms with Crippen molar-refractivity contribution in [2.24, 2.45) is 0 Å². The van der Waals surface area contributed by atoms with Crippen molar-refractivity contribution < 1.29 is 4.79 Å². The zero-order chi connectivity index (χ0) is 14.7. The summed E-state index contributed by atoms with van der Waals surface area (Å²) in [6.45, 7) is 0.517. The van der Waals surface area contributed by atoms with Gasteiger partial charge in [-0.05, 0) is 23.3 Å². The third-order valence-electron chi connectivity index (χ3n) is 3.28. The van der Waals surface area contributed by atoms with E-state index in [-0.39, 0.29) is 18.0 Å². The first-order valence-corrected chi connectivity index (χ1v) is 6.72. The summed E-state index contributed by atoms with van der Waals surface area (Å²) < 4.78 is 0. The molecule has 3 N–H and O–H groups in total. The van der Waals surface area contributed by atoms with E-state index < -0.39 is 0 Å². The lowest BCUT2D eigenvalue weighted by Crippen LogP contribution is -2.24. The van der Waals surface area contributed by atoms with E-state index in [0.717, 1.165) is 16.6 Å². The molecule has 0 saturated carbocycles. The molecule has 3 aromatic rings. The summed E-state index contributed by atoms with van der Waals surface area (Å²) in [5, 5.41) is 2.88. The normalized spacial score (nSPS) is 10.7. The molecule has 5 heteroatoms. The van der Waals surface area contributed by atoms with Gasteiger partial charge in [-0.1, -0.05) is 36.4 Å². The van der Waals surface area contributed by atoms with Crippen LogP contribution in [0.25, 0.3) is 11.0 Å². The Balaban J connectivity index is 1.64. The molecule has 0 atom stereocenters. The molecule has 5 nitrogen and oxygen atoms in total. The third-order valence-corrected chi connectivity index (χ3v) is 3.28. The van der Waals surface area contributed by atoms with E-state index >= 15 is 0 Å². The van der Waals surface area contributed by atoms with Crippen LogP contribution in [0.4, 0.5) is 0 Å². The smallest absolute Gasteiger partial charge is 0.323 e. The number of H-pyrrole nitrogens is 2. The van der Waals surface area contributed by atoms with Crippen LogP contribution < -0.4 is 11.0 Å². The maximum atomic E-state index is 11.9. The minimum absolute atomic E-state index is 0.0453. The van der Waals surface area contributed by atoms with Crippen molar-refractivity contribution in [2.45, 2.75) is 13.0 Å². The highest BCUT2D eigenvalue weighted by molar-refractivity contribution is 5.81. The molecule has 3 rings (SSSR count). The Hall–Kier alpha value is -2.82. The highest BCUT2D eigenvalue weighted by Crippen LogP contribution is 2.10. The van der Waals surface area contributed by atoms with Crippen LogP contribution in [0.5, 0.6) is 0 Å². The van der Waals surface area contributed by atoms with E-state index in [1.54, 1.807) is 6.07 Å². The van der Waals surface area contributed by atoms with Gasteiger partial charge in [0.2, 0.25) is 5.91 Å². The second kappa shape index (κ2) is 5.66. The lowest BCUT2D eigenvalue weighted by atomic mass is 10.1. The first kappa shape index (κ1) is 13.2. The number of rotatable bonds is 4. The van der Waals surface area contributed by atoms with E-state index in [1.807, 2.05) is 42.5 Å². The van der Waals surface area contributed by atoms with Gasteiger partial charge in [-0.3, -0.25) is 4.79 Å². The molecule has 0 bridgehead atoms. The summed E-state index contributed by atoms with van der Waals surface area (Å²) in [6.07, 6.45) is 0.288. The molecule has 0 aliphatic rings. The molecule has 0 aliphatic heterocycles. The molecule has 0 spiro atoms. The maximum Gasteiger partial charge on any atom is 0.323 e. The average Bonchev–Trinajstić information content (AvgIpc) is 2.85. The molecular formula is C16H15N3O2. The molecular weight excluding hydrogens is 266 g/mol. The molecule has 0 aliphatic carbocycles. The lowest BCUT2D eigenvalue weighted by Gasteiger charge is -2.05. The van der Waals surface area contributed by atoms with Crippen molar-refractivity contribution in [3.05, 3.63) is 70.1 Å². The van der Waals surface area contributed by atoms with Crippen molar-refractivity contribution in [2.75, 3.05) is 0 Å². The van der Waals surface area contributed by atoms with Crippen LogP contribution in [0.1, 0.15) is 11.1 Å². The van der Waals surface area contributed by atoms with E-state index in [0.29, 0.717) is 12.1 Å². The fraction of sp³-hybridized carbons (Fsp3) is 0.125. The average molecular weight is 281 g/mol. The minimum Gasteiger partial charge on any atom is -0.352 e. The van der Waals surface area contributed by atoms with Crippen molar-refractivity contribution in [3.63, 3.8) is 0 Å². The summed E-state index contributed by atoms with van der Waals surface area (Å²) in [6, 6.07) is 15.2. The number of hydrogen-bond donors (Lipinski definition) is 3. The van der Waals surface area contributed by atoms with Gasteiger partial charge >= 0.3 is 5.69 Å². The van der Waals surface area contributed by atoms with Gasteiger partial charge in [0, 0.05) is 6.54 Å². The van der Waals surface area contributed by atoms with Gasteiger partial charge in [0.1, 0.15) is 0 Å². The van der Waals surface area contributed by atoms with E-state index in [2.05, 4.69) is 15.3 Å². The van der Waals surface area contributed by atoms with Crippen molar-refractivity contribution in [1.29, 1.82) is 0 Å². The number of benzene rings is 2. The number of aromatic nitrogens is 2. The number of fused-ring (bicyclic) bond motifs is 1. The Morgan fingerprint density at radius 1 is 0.952 bits per heavy atom. The van der Waals surface area contributed by atoms with Crippen LogP contribution in [-0.2, 0) is 17.8 Å². The largest absolute Gasteiger partial charge is 0.352 e. The van der Waals surface area contributed by atoms with Gasteiger partial charge in [0.25, 0.3) is 0 Å². The van der Waals surface area contributed by atoms with Gasteiger partial charge in [-0.15, -0.1) is 0 Å². The Kier molecular flexibility index (Phi) is 3.55. The second-order valence-electron chi connectivity index (χ2n) is 4.90. The molecule has 106 valence electrons. The van der Waals surface area contributed by atoms with Crippen LogP contribution in [0, 0.1) is 0 Å². The molecule has 1 heterocycles. The standard InChI is InChI=1S/C16H15N3O2/c20-15(17-10-11-4-2-1-3-5-11)9-12-6-7-13-14(8-12)19-16(21)18-13/h1-8H,9-10H2,(H,17,20)(H2,18,19,21). The predicted octanol–water partition coefficient (Wildman–Crippen LogP) is 1.72. The first-order valence-electron chi connectivity index (χ1n) is 6.72. The van der Waals surface area contributed by atoms with Crippen LogP contribution in [0.3, 0.4) is 0 Å². The number of hydrogen-bond acceptors (Lipinski definition) is 2. The van der Waals surface area contributed by atoms with Crippen LogP contribution in [0.2, 0.25) is 0 Å². The number of aromatic amines is 2. The Morgan fingerprint density at radius 3 is 2.52 bits per heavy atom. The van der Waals surface area contributed by atoms with Crippen LogP contribution in [0.15, 0.2) is 53.3 Å². The third kappa shape index (κ3) is 3.20. The van der Waals surface area contributed by atoms with E-state index in [9.17, 15) is 9.59 Å². The van der Waals surface area contributed by atoms with Gasteiger partial charge in [0.15, 0.2) is 0 Å². The zero-order valence-electron chi connectivity index (χ0n) is 11.3. The van der Waals surface area contributed by atoms with Gasteiger partial charge in [-0.2, -0.15) is 0 Å². The summed E-state index contributed by atoms with van der Waals surface area (Å²) in [4.78, 5) is 28.5. The molecule has 1 aromatic heterocycles. The zero-order valence-corrected chi connectivity index (χ0v) is 11.3. The topological polar surface area (TPSA) is 77.8 Å². The summed E-state index contributed by atoms with van der Waals surface area (Å²) >= 11 is 0. The fourth-order valence-electron chi connectivity index (χ4n) is 2.23. The van der Waals surface area contributed by atoms with Crippen molar-refractivity contribution >= 4 is 16.9 Å². The summed E-state index contributed by atoms with van der Waals surface area (Å²) in [7, 11) is 0. The molecule has 21 heavy (non-hydrogen) atoms. The second-order valence-corrected chi connectivity index (χ2v) is 4.90. The van der Waals surface area contributed by atoms with Crippen molar-refractivity contribution in [1.82, 2.24) is 15.3 Å². The van der Waals surface area contributed by atoms with Gasteiger partial charge < -0.3 is 15.3 Å². The Morgan fingerprint density at radius 2 is 1.71 bits per heavy atom. The predicted molar refractivity (Wildman–Crippen MR) is 80.9 cm³/mol. The highest BCUT2D eigenvalue weighted by Gasteiger charge is 2.05. The summed E-state index contributed by atoms with van der Waals surface area (Å²) in [5.74, 6) is -0.0453. The quantitative estimate of drug-likeness (QED) is 0.681. The molecule has 0 radical (unpaired) electrons. The maximum absolute atomic E-state index is 11.9. The fourth-order valence-corrected chi connectivity index (χ4v) is 2.23. The Bertz CT molecular complexity index is 818.